The van der Waals surface area contributed by atoms with E-state index in [0.717, 1.165) is 24.3 Å². The molecule has 13 heteroatoms. The van der Waals surface area contributed by atoms with Crippen LogP contribution < -0.4 is 10.1 Å². The monoisotopic (exact) mass is 611 g/mol. The standard InChI is InChI=1S/C29H27F10NO2/c1-14(2)22-11-23(25(42-4)12-24(22)30)21-6-5-18(27(31,32)33)9-17(21)13-40-15(3)26(41)16-7-19(28(34,35)36)10-20(8-16)29(37,38)39/h5-12,14-15,26,40-41H,13H2,1-4H3. The number of hydrogen-bond acceptors (Lipinski definition) is 3. The summed E-state index contributed by atoms with van der Waals surface area (Å²) in [5.74, 6) is -0.863. The molecule has 3 aromatic carbocycles. The summed E-state index contributed by atoms with van der Waals surface area (Å²) in [5.41, 5.74) is -4.24. The number of methoxy groups -OCH3 is 1. The maximum Gasteiger partial charge on any atom is 0.416 e. The van der Waals surface area contributed by atoms with Gasteiger partial charge in [0.05, 0.1) is 29.9 Å². The summed E-state index contributed by atoms with van der Waals surface area (Å²) in [7, 11) is 1.25. The van der Waals surface area contributed by atoms with Crippen LogP contribution in [0.25, 0.3) is 11.1 Å². The van der Waals surface area contributed by atoms with Crippen LogP contribution in [-0.4, -0.2) is 18.3 Å². The fraction of sp³-hybridized carbons (Fsp3) is 0.379. The van der Waals surface area contributed by atoms with Crippen molar-refractivity contribution in [3.8, 4) is 16.9 Å². The summed E-state index contributed by atoms with van der Waals surface area (Å²) < 4.78 is 140. The van der Waals surface area contributed by atoms with Gasteiger partial charge in [-0.1, -0.05) is 19.9 Å². The van der Waals surface area contributed by atoms with Gasteiger partial charge in [-0.25, -0.2) is 4.39 Å². The third kappa shape index (κ3) is 7.54. The van der Waals surface area contributed by atoms with Gasteiger partial charge >= 0.3 is 18.5 Å². The smallest absolute Gasteiger partial charge is 0.416 e. The number of nitrogens with one attached hydrogen (secondary N) is 1. The summed E-state index contributed by atoms with van der Waals surface area (Å²) in [5, 5.41) is 13.4. The minimum Gasteiger partial charge on any atom is -0.496 e. The van der Waals surface area contributed by atoms with Crippen molar-refractivity contribution in [1.29, 1.82) is 0 Å². The van der Waals surface area contributed by atoms with Crippen LogP contribution in [0, 0.1) is 5.82 Å². The first-order valence-corrected chi connectivity index (χ1v) is 12.5. The molecule has 0 bridgehead atoms. The highest BCUT2D eigenvalue weighted by molar-refractivity contribution is 5.75. The summed E-state index contributed by atoms with van der Waals surface area (Å²) >= 11 is 0. The summed E-state index contributed by atoms with van der Waals surface area (Å²) in [6.07, 6.45) is -16.9. The highest BCUT2D eigenvalue weighted by Crippen LogP contribution is 2.40. The zero-order valence-electron chi connectivity index (χ0n) is 22.7. The normalized spacial score (nSPS) is 14.3. The van der Waals surface area contributed by atoms with Crippen molar-refractivity contribution in [3.05, 3.63) is 87.7 Å². The first-order chi connectivity index (χ1) is 19.2. The Kier molecular flexibility index (Phi) is 9.57. The molecule has 0 spiro atoms. The maximum absolute atomic E-state index is 14.6. The maximum atomic E-state index is 14.6. The van der Waals surface area contributed by atoms with Crippen LogP contribution in [0.3, 0.4) is 0 Å². The van der Waals surface area contributed by atoms with Gasteiger partial charge in [0.25, 0.3) is 0 Å². The first kappa shape index (κ1) is 33.2. The second-order valence-electron chi connectivity index (χ2n) is 10.1. The molecule has 230 valence electrons. The van der Waals surface area contributed by atoms with Crippen LogP contribution >= 0.6 is 0 Å². The predicted molar refractivity (Wildman–Crippen MR) is 135 cm³/mol. The Balaban J connectivity index is 2.04. The van der Waals surface area contributed by atoms with E-state index < -0.39 is 65.3 Å². The average molecular weight is 612 g/mol. The van der Waals surface area contributed by atoms with Gasteiger partial charge in [0.1, 0.15) is 11.6 Å². The quantitative estimate of drug-likeness (QED) is 0.250. The molecule has 0 radical (unpaired) electrons. The van der Waals surface area contributed by atoms with Crippen LogP contribution in [0.5, 0.6) is 5.75 Å². The van der Waals surface area contributed by atoms with Crippen LogP contribution in [0.1, 0.15) is 66.2 Å². The molecule has 0 heterocycles. The molecule has 3 aromatic rings. The van der Waals surface area contributed by atoms with Gasteiger partial charge in [-0.15, -0.1) is 0 Å². The van der Waals surface area contributed by atoms with E-state index in [4.69, 9.17) is 4.74 Å². The second-order valence-corrected chi connectivity index (χ2v) is 10.1. The lowest BCUT2D eigenvalue weighted by molar-refractivity contribution is -0.143. The molecule has 0 fully saturated rings. The molecule has 0 aliphatic carbocycles. The Morgan fingerprint density at radius 3 is 1.76 bits per heavy atom. The summed E-state index contributed by atoms with van der Waals surface area (Å²) in [6, 6.07) is 4.77. The van der Waals surface area contributed by atoms with Gasteiger partial charge in [-0.3, -0.25) is 0 Å². The molecule has 0 saturated carbocycles. The lowest BCUT2D eigenvalue weighted by Crippen LogP contribution is -2.32. The van der Waals surface area contributed by atoms with E-state index in [2.05, 4.69) is 5.32 Å². The zero-order chi connectivity index (χ0) is 31.8. The number of benzene rings is 3. The van der Waals surface area contributed by atoms with E-state index in [1.165, 1.54) is 20.1 Å². The molecule has 3 nitrogen and oxygen atoms in total. The van der Waals surface area contributed by atoms with Crippen LogP contribution in [0.4, 0.5) is 43.9 Å². The molecule has 2 atom stereocenters. The van der Waals surface area contributed by atoms with Crippen molar-refractivity contribution in [2.24, 2.45) is 0 Å². The molecular formula is C29H27F10NO2. The Morgan fingerprint density at radius 2 is 1.29 bits per heavy atom. The van der Waals surface area contributed by atoms with E-state index >= 15 is 0 Å². The fourth-order valence-corrected chi connectivity index (χ4v) is 4.39. The largest absolute Gasteiger partial charge is 0.496 e. The number of ether oxygens (including phenoxy) is 1. The minimum absolute atomic E-state index is 0.00325. The number of halogens is 10. The molecule has 2 unspecified atom stereocenters. The van der Waals surface area contributed by atoms with Crippen LogP contribution in [-0.2, 0) is 25.1 Å². The lowest BCUT2D eigenvalue weighted by atomic mass is 9.92. The Labute approximate surface area is 235 Å². The van der Waals surface area contributed by atoms with Gasteiger partial charge in [0.15, 0.2) is 0 Å². The minimum atomic E-state index is -5.14. The SMILES string of the molecule is COc1cc(F)c(C(C)C)cc1-c1ccc(C(F)(F)F)cc1CNC(C)C(O)c1cc(C(F)(F)F)cc(C(F)(F)F)c1. The molecule has 0 amide bonds. The van der Waals surface area contributed by atoms with Crippen molar-refractivity contribution in [1.82, 2.24) is 5.32 Å². The van der Waals surface area contributed by atoms with Gasteiger partial charge in [0, 0.05) is 24.2 Å². The van der Waals surface area contributed by atoms with Gasteiger partial charge < -0.3 is 15.2 Å². The molecule has 0 aliphatic rings. The van der Waals surface area contributed by atoms with E-state index in [-0.39, 0.29) is 40.0 Å². The highest BCUT2D eigenvalue weighted by atomic mass is 19.4. The van der Waals surface area contributed by atoms with Crippen molar-refractivity contribution in [2.45, 2.75) is 63.9 Å². The lowest BCUT2D eigenvalue weighted by Gasteiger charge is -2.24. The van der Waals surface area contributed by atoms with E-state index in [0.29, 0.717) is 12.1 Å². The Morgan fingerprint density at radius 1 is 0.738 bits per heavy atom. The van der Waals surface area contributed by atoms with Gasteiger partial charge in [0.2, 0.25) is 0 Å². The average Bonchev–Trinajstić information content (AvgIpc) is 2.89. The third-order valence-corrected chi connectivity index (χ3v) is 6.70. The second kappa shape index (κ2) is 12.1. The van der Waals surface area contributed by atoms with E-state index in [1.807, 2.05) is 0 Å². The molecule has 0 saturated heterocycles. The van der Waals surface area contributed by atoms with Crippen molar-refractivity contribution in [3.63, 3.8) is 0 Å². The molecule has 0 aliphatic heterocycles. The number of rotatable bonds is 8. The number of alkyl halides is 9. The number of hydrogen-bond donors (Lipinski definition) is 2. The van der Waals surface area contributed by atoms with Crippen molar-refractivity contribution < 1.29 is 53.7 Å². The molecule has 2 N–H and O–H groups in total. The summed E-state index contributed by atoms with van der Waals surface area (Å²) in [6.45, 7) is 4.27. The summed E-state index contributed by atoms with van der Waals surface area (Å²) in [4.78, 5) is 0. The Hall–Kier alpha value is -3.32. The third-order valence-electron chi connectivity index (χ3n) is 6.70. The molecule has 3 rings (SSSR count). The number of aliphatic hydroxyl groups excluding tert-OH is 1. The van der Waals surface area contributed by atoms with E-state index in [9.17, 15) is 49.0 Å². The molecule has 42 heavy (non-hydrogen) atoms. The molecule has 0 aromatic heterocycles. The predicted octanol–water partition coefficient (Wildman–Crippen LogP) is 8.89. The van der Waals surface area contributed by atoms with Crippen molar-refractivity contribution in [2.75, 3.05) is 7.11 Å². The van der Waals surface area contributed by atoms with Gasteiger partial charge in [-0.05, 0) is 71.5 Å². The zero-order valence-corrected chi connectivity index (χ0v) is 22.7. The van der Waals surface area contributed by atoms with Crippen LogP contribution in [0.2, 0.25) is 0 Å². The van der Waals surface area contributed by atoms with Gasteiger partial charge in [-0.2, -0.15) is 39.5 Å². The first-order valence-electron chi connectivity index (χ1n) is 12.5. The number of aliphatic hydroxyl groups is 1. The van der Waals surface area contributed by atoms with E-state index in [1.54, 1.807) is 13.8 Å². The fourth-order valence-electron chi connectivity index (χ4n) is 4.39. The topological polar surface area (TPSA) is 41.5 Å². The Bertz CT molecular complexity index is 1380. The van der Waals surface area contributed by atoms with Crippen molar-refractivity contribution >= 4 is 0 Å². The highest BCUT2D eigenvalue weighted by Gasteiger charge is 2.38. The van der Waals surface area contributed by atoms with Crippen LogP contribution in [0.15, 0.2) is 48.5 Å². The molecular weight excluding hydrogens is 584 g/mol.